The van der Waals surface area contributed by atoms with E-state index in [1.54, 1.807) is 24.8 Å². The fourth-order valence-corrected chi connectivity index (χ4v) is 2.34. The third-order valence-corrected chi connectivity index (χ3v) is 2.87. The fourth-order valence-electron chi connectivity index (χ4n) is 1.28. The summed E-state index contributed by atoms with van der Waals surface area (Å²) in [5.74, 6) is -0.328. The molecule has 0 unspecified atom stereocenters. The van der Waals surface area contributed by atoms with E-state index in [1.807, 2.05) is 19.9 Å². The molecule has 0 amide bonds. The lowest BCUT2D eigenvalue weighted by Crippen LogP contribution is -2.00. The van der Waals surface area contributed by atoms with Crippen molar-refractivity contribution < 1.29 is 9.50 Å². The maximum atomic E-state index is 13.4. The summed E-state index contributed by atoms with van der Waals surface area (Å²) in [4.78, 5) is 0.829. The minimum atomic E-state index is -0.752. The minimum Gasteiger partial charge on any atom is -0.389 e. The first-order chi connectivity index (χ1) is 6.52. The van der Waals surface area contributed by atoms with Crippen LogP contribution in [0.3, 0.4) is 0 Å². The van der Waals surface area contributed by atoms with Gasteiger partial charge < -0.3 is 5.11 Å². The van der Waals surface area contributed by atoms with Crippen molar-refractivity contribution >= 4 is 11.8 Å². The molecule has 0 heterocycles. The summed E-state index contributed by atoms with van der Waals surface area (Å²) < 4.78 is 13.4. The molecule has 0 radical (unpaired) electrons. The van der Waals surface area contributed by atoms with Crippen LogP contribution in [-0.4, -0.2) is 10.4 Å². The molecule has 1 aromatic rings. The molecule has 0 aliphatic rings. The lowest BCUT2D eigenvalue weighted by Gasteiger charge is -2.13. The standard InChI is InChI=1S/C11H15FOS/c1-7(2)14-10-6-4-5-9(12)11(10)8(3)13/h4-8,13H,1-3H3/t8-/m0/s1. The number of aliphatic hydroxyl groups excluding tert-OH is 1. The molecule has 1 rings (SSSR count). The molecular formula is C11H15FOS. The zero-order chi connectivity index (χ0) is 10.7. The second kappa shape index (κ2) is 4.80. The Kier molecular flexibility index (Phi) is 3.96. The van der Waals surface area contributed by atoms with E-state index >= 15 is 0 Å². The van der Waals surface area contributed by atoms with Crippen LogP contribution in [0.2, 0.25) is 0 Å². The Labute approximate surface area is 88.3 Å². The van der Waals surface area contributed by atoms with Crippen molar-refractivity contribution in [3.63, 3.8) is 0 Å². The minimum absolute atomic E-state index is 0.328. The van der Waals surface area contributed by atoms with Gasteiger partial charge in [0.15, 0.2) is 0 Å². The average Bonchev–Trinajstić information content (AvgIpc) is 2.01. The van der Waals surface area contributed by atoms with Gasteiger partial charge in [0.1, 0.15) is 5.82 Å². The van der Waals surface area contributed by atoms with E-state index in [2.05, 4.69) is 0 Å². The topological polar surface area (TPSA) is 20.2 Å². The van der Waals surface area contributed by atoms with Gasteiger partial charge in [-0.1, -0.05) is 19.9 Å². The van der Waals surface area contributed by atoms with E-state index in [0.29, 0.717) is 10.8 Å². The predicted octanol–water partition coefficient (Wildman–Crippen LogP) is 3.38. The van der Waals surface area contributed by atoms with Crippen LogP contribution < -0.4 is 0 Å². The Bertz CT molecular complexity index is 310. The second-order valence-electron chi connectivity index (χ2n) is 3.49. The molecule has 0 fully saturated rings. The van der Waals surface area contributed by atoms with Gasteiger partial charge in [-0.3, -0.25) is 0 Å². The van der Waals surface area contributed by atoms with Crippen LogP contribution in [0.1, 0.15) is 32.4 Å². The normalized spacial score (nSPS) is 13.3. The molecule has 1 aromatic carbocycles. The van der Waals surface area contributed by atoms with Crippen LogP contribution in [0, 0.1) is 5.82 Å². The molecule has 1 N–H and O–H groups in total. The summed E-state index contributed by atoms with van der Waals surface area (Å²) in [6, 6.07) is 4.90. The molecule has 0 spiro atoms. The number of benzene rings is 1. The Morgan fingerprint density at radius 3 is 2.43 bits per heavy atom. The number of halogens is 1. The van der Waals surface area contributed by atoms with Crippen LogP contribution in [0.4, 0.5) is 4.39 Å². The molecule has 1 atom stereocenters. The monoisotopic (exact) mass is 214 g/mol. The SMILES string of the molecule is CC(C)Sc1cccc(F)c1[C@H](C)O. The average molecular weight is 214 g/mol. The zero-order valence-electron chi connectivity index (χ0n) is 8.62. The third-order valence-electron chi connectivity index (χ3n) is 1.79. The molecule has 14 heavy (non-hydrogen) atoms. The molecule has 78 valence electrons. The highest BCUT2D eigenvalue weighted by Gasteiger charge is 2.14. The van der Waals surface area contributed by atoms with E-state index in [1.165, 1.54) is 6.07 Å². The highest BCUT2D eigenvalue weighted by molar-refractivity contribution is 8.00. The molecule has 0 saturated heterocycles. The van der Waals surface area contributed by atoms with Crippen LogP contribution in [-0.2, 0) is 0 Å². The second-order valence-corrected chi connectivity index (χ2v) is 5.11. The van der Waals surface area contributed by atoms with Gasteiger partial charge >= 0.3 is 0 Å². The molecule has 0 bridgehead atoms. The maximum absolute atomic E-state index is 13.4. The smallest absolute Gasteiger partial charge is 0.130 e. The molecule has 1 nitrogen and oxygen atoms in total. The van der Waals surface area contributed by atoms with Crippen LogP contribution in [0.5, 0.6) is 0 Å². The van der Waals surface area contributed by atoms with Gasteiger partial charge in [-0.25, -0.2) is 4.39 Å². The van der Waals surface area contributed by atoms with Crippen LogP contribution >= 0.6 is 11.8 Å². The van der Waals surface area contributed by atoms with Crippen molar-refractivity contribution in [3.05, 3.63) is 29.6 Å². The Morgan fingerprint density at radius 2 is 1.93 bits per heavy atom. The maximum Gasteiger partial charge on any atom is 0.130 e. The van der Waals surface area contributed by atoms with E-state index < -0.39 is 6.10 Å². The van der Waals surface area contributed by atoms with Gasteiger partial charge in [0, 0.05) is 15.7 Å². The number of hydrogen-bond acceptors (Lipinski definition) is 2. The van der Waals surface area contributed by atoms with Gasteiger partial charge in [-0.2, -0.15) is 0 Å². The van der Waals surface area contributed by atoms with E-state index in [0.717, 1.165) is 4.90 Å². The van der Waals surface area contributed by atoms with E-state index in [-0.39, 0.29) is 5.82 Å². The highest BCUT2D eigenvalue weighted by Crippen LogP contribution is 2.31. The quantitative estimate of drug-likeness (QED) is 0.778. The van der Waals surface area contributed by atoms with Gasteiger partial charge in [-0.15, -0.1) is 11.8 Å². The summed E-state index contributed by atoms with van der Waals surface area (Å²) >= 11 is 1.57. The largest absolute Gasteiger partial charge is 0.389 e. The molecule has 0 saturated carbocycles. The van der Waals surface area contributed by atoms with Crippen LogP contribution in [0.25, 0.3) is 0 Å². The first-order valence-corrected chi connectivity index (χ1v) is 5.53. The number of aliphatic hydroxyl groups is 1. The molecule has 0 aliphatic heterocycles. The highest BCUT2D eigenvalue weighted by atomic mass is 32.2. The lowest BCUT2D eigenvalue weighted by atomic mass is 10.1. The molecule has 3 heteroatoms. The van der Waals surface area contributed by atoms with Crippen LogP contribution in [0.15, 0.2) is 23.1 Å². The van der Waals surface area contributed by atoms with Crippen molar-refractivity contribution in [1.82, 2.24) is 0 Å². The van der Waals surface area contributed by atoms with Gasteiger partial charge in [0.25, 0.3) is 0 Å². The van der Waals surface area contributed by atoms with Gasteiger partial charge in [0.2, 0.25) is 0 Å². The number of hydrogen-bond donors (Lipinski definition) is 1. The van der Waals surface area contributed by atoms with Crippen molar-refractivity contribution in [3.8, 4) is 0 Å². The molecule has 0 aliphatic carbocycles. The summed E-state index contributed by atoms with van der Waals surface area (Å²) in [7, 11) is 0. The third kappa shape index (κ3) is 2.72. The summed E-state index contributed by atoms with van der Waals surface area (Å²) in [6.07, 6.45) is -0.752. The predicted molar refractivity (Wildman–Crippen MR) is 58.0 cm³/mol. The summed E-state index contributed by atoms with van der Waals surface area (Å²) in [5.41, 5.74) is 0.409. The Morgan fingerprint density at radius 1 is 1.29 bits per heavy atom. The summed E-state index contributed by atoms with van der Waals surface area (Å²) in [5, 5.41) is 9.83. The van der Waals surface area contributed by atoms with Crippen molar-refractivity contribution in [1.29, 1.82) is 0 Å². The molecule has 0 aromatic heterocycles. The first kappa shape index (κ1) is 11.5. The van der Waals surface area contributed by atoms with Crippen molar-refractivity contribution in [2.45, 2.75) is 37.0 Å². The Hall–Kier alpha value is -0.540. The number of rotatable bonds is 3. The van der Waals surface area contributed by atoms with Crippen molar-refractivity contribution in [2.24, 2.45) is 0 Å². The zero-order valence-corrected chi connectivity index (χ0v) is 9.44. The lowest BCUT2D eigenvalue weighted by molar-refractivity contribution is 0.191. The fraction of sp³-hybridized carbons (Fsp3) is 0.455. The van der Waals surface area contributed by atoms with Gasteiger partial charge in [0.05, 0.1) is 6.10 Å². The van der Waals surface area contributed by atoms with Gasteiger partial charge in [-0.05, 0) is 19.1 Å². The number of thioether (sulfide) groups is 1. The molecular weight excluding hydrogens is 199 g/mol. The first-order valence-electron chi connectivity index (χ1n) is 4.65. The van der Waals surface area contributed by atoms with Crippen molar-refractivity contribution in [2.75, 3.05) is 0 Å². The summed E-state index contributed by atoms with van der Waals surface area (Å²) in [6.45, 7) is 5.67. The van der Waals surface area contributed by atoms with E-state index in [4.69, 9.17) is 0 Å². The Balaban J connectivity index is 3.08. The van der Waals surface area contributed by atoms with E-state index in [9.17, 15) is 9.50 Å².